The molecule has 0 fully saturated rings. The highest BCUT2D eigenvalue weighted by atomic mass is 16.5. The quantitative estimate of drug-likeness (QED) is 0.595. The van der Waals surface area contributed by atoms with Gasteiger partial charge in [0.1, 0.15) is 5.78 Å². The Balaban J connectivity index is 3.94. The lowest BCUT2D eigenvalue weighted by Gasteiger charge is -2.10. The molecule has 3 heteroatoms. The van der Waals surface area contributed by atoms with Crippen LogP contribution >= 0.6 is 0 Å². The predicted octanol–water partition coefficient (Wildman–Crippen LogP) is 1.94. The van der Waals surface area contributed by atoms with E-state index in [0.717, 1.165) is 19.3 Å². The molecule has 0 aromatic heterocycles. The van der Waals surface area contributed by atoms with Gasteiger partial charge in [-0.2, -0.15) is 0 Å². The summed E-state index contributed by atoms with van der Waals surface area (Å²) < 4.78 is 4.52. The number of ketones is 1. The van der Waals surface area contributed by atoms with Crippen LogP contribution < -0.4 is 0 Å². The van der Waals surface area contributed by atoms with E-state index in [9.17, 15) is 9.59 Å². The summed E-state index contributed by atoms with van der Waals surface area (Å²) in [7, 11) is 1.35. The van der Waals surface area contributed by atoms with Crippen molar-refractivity contribution in [3.63, 3.8) is 0 Å². The van der Waals surface area contributed by atoms with Gasteiger partial charge in [0.25, 0.3) is 0 Å². The zero-order valence-corrected chi connectivity index (χ0v) is 8.63. The molecule has 3 nitrogen and oxygen atoms in total. The minimum Gasteiger partial charge on any atom is -0.469 e. The molecule has 1 unspecified atom stereocenters. The van der Waals surface area contributed by atoms with Gasteiger partial charge in [-0.3, -0.25) is 9.59 Å². The molecule has 0 radical (unpaired) electrons. The number of hydrogen-bond acceptors (Lipinski definition) is 3. The summed E-state index contributed by atoms with van der Waals surface area (Å²) in [6.45, 7) is 3.60. The van der Waals surface area contributed by atoms with Crippen LogP contribution in [0.25, 0.3) is 0 Å². The average Bonchev–Trinajstić information content (AvgIpc) is 2.11. The molecule has 0 aromatic carbocycles. The molecule has 0 aliphatic rings. The highest BCUT2D eigenvalue weighted by Crippen LogP contribution is 2.14. The Morgan fingerprint density at radius 1 is 1.38 bits per heavy atom. The normalized spacial score (nSPS) is 12.2. The fraction of sp³-hybridized carbons (Fsp3) is 0.800. The fourth-order valence-corrected chi connectivity index (χ4v) is 1.18. The first-order valence-corrected chi connectivity index (χ1v) is 4.69. The highest BCUT2D eigenvalue weighted by molar-refractivity contribution is 5.83. The van der Waals surface area contributed by atoms with Crippen LogP contribution in [-0.4, -0.2) is 18.9 Å². The van der Waals surface area contributed by atoms with E-state index in [4.69, 9.17) is 0 Å². The number of Topliss-reactive ketones (excluding diaryl/α,β-unsaturated/α-hetero) is 1. The number of esters is 1. The maximum absolute atomic E-state index is 11.1. The largest absolute Gasteiger partial charge is 0.469 e. The molecule has 76 valence electrons. The zero-order valence-electron chi connectivity index (χ0n) is 8.63. The molecule has 0 saturated heterocycles. The molecule has 0 bridgehead atoms. The van der Waals surface area contributed by atoms with Gasteiger partial charge >= 0.3 is 5.97 Å². The molecule has 0 rings (SSSR count). The van der Waals surface area contributed by atoms with Gasteiger partial charge < -0.3 is 4.74 Å². The maximum Gasteiger partial charge on any atom is 0.306 e. The van der Waals surface area contributed by atoms with E-state index in [1.807, 2.05) is 0 Å². The Hall–Kier alpha value is -0.860. The number of carbonyl (C=O) groups excluding carboxylic acids is 2. The lowest BCUT2D eigenvalue weighted by Crippen LogP contribution is -2.16. The number of ether oxygens (including phenoxy) is 1. The number of carbonyl (C=O) groups is 2. The zero-order chi connectivity index (χ0) is 10.3. The van der Waals surface area contributed by atoms with Gasteiger partial charge in [-0.25, -0.2) is 0 Å². The van der Waals surface area contributed by atoms with E-state index in [1.54, 1.807) is 0 Å². The fourth-order valence-electron chi connectivity index (χ4n) is 1.18. The van der Waals surface area contributed by atoms with Gasteiger partial charge in [0.05, 0.1) is 13.5 Å². The maximum atomic E-state index is 11.1. The first-order valence-electron chi connectivity index (χ1n) is 4.69. The van der Waals surface area contributed by atoms with E-state index in [-0.39, 0.29) is 24.1 Å². The topological polar surface area (TPSA) is 43.4 Å². The van der Waals surface area contributed by atoms with Gasteiger partial charge in [-0.15, -0.1) is 0 Å². The second-order valence-electron chi connectivity index (χ2n) is 3.23. The Kier molecular flexibility index (Phi) is 6.20. The van der Waals surface area contributed by atoms with Crippen molar-refractivity contribution in [2.24, 2.45) is 5.92 Å². The second-order valence-corrected chi connectivity index (χ2v) is 3.23. The smallest absolute Gasteiger partial charge is 0.306 e. The van der Waals surface area contributed by atoms with E-state index < -0.39 is 0 Å². The number of unbranched alkanes of at least 4 members (excludes halogenated alkanes) is 1. The molecule has 1 atom stereocenters. The van der Waals surface area contributed by atoms with Gasteiger partial charge in [0.2, 0.25) is 0 Å². The molecule has 0 heterocycles. The van der Waals surface area contributed by atoms with Crippen LogP contribution in [0.15, 0.2) is 0 Å². The van der Waals surface area contributed by atoms with Crippen molar-refractivity contribution < 1.29 is 14.3 Å². The molecule has 13 heavy (non-hydrogen) atoms. The monoisotopic (exact) mass is 186 g/mol. The summed E-state index contributed by atoms with van der Waals surface area (Å²) in [6.07, 6.45) is 3.05. The Bertz CT molecular complexity index is 175. The SMILES string of the molecule is CCCCC(CC(=O)OC)C(C)=O. The van der Waals surface area contributed by atoms with Crippen molar-refractivity contribution in [1.82, 2.24) is 0 Å². The van der Waals surface area contributed by atoms with Gasteiger partial charge in [-0.05, 0) is 13.3 Å². The molecule has 0 amide bonds. The summed E-state index contributed by atoms with van der Waals surface area (Å²) in [4.78, 5) is 22.0. The van der Waals surface area contributed by atoms with Crippen molar-refractivity contribution in [3.8, 4) is 0 Å². The first-order chi connectivity index (χ1) is 6.11. The van der Waals surface area contributed by atoms with Crippen molar-refractivity contribution >= 4 is 11.8 Å². The van der Waals surface area contributed by atoms with Crippen LogP contribution in [0.2, 0.25) is 0 Å². The molecule has 0 saturated carbocycles. The molecular weight excluding hydrogens is 168 g/mol. The van der Waals surface area contributed by atoms with Crippen molar-refractivity contribution in [1.29, 1.82) is 0 Å². The lowest BCUT2D eigenvalue weighted by molar-refractivity contribution is -0.143. The highest BCUT2D eigenvalue weighted by Gasteiger charge is 2.17. The summed E-state index contributed by atoms with van der Waals surface area (Å²) in [5.41, 5.74) is 0. The molecule has 0 aliphatic carbocycles. The molecular formula is C10H18O3. The van der Waals surface area contributed by atoms with E-state index in [1.165, 1.54) is 14.0 Å². The van der Waals surface area contributed by atoms with Gasteiger partial charge in [-0.1, -0.05) is 19.8 Å². The van der Waals surface area contributed by atoms with Crippen molar-refractivity contribution in [3.05, 3.63) is 0 Å². The van der Waals surface area contributed by atoms with Gasteiger partial charge in [0.15, 0.2) is 0 Å². The minimum atomic E-state index is -0.295. The van der Waals surface area contributed by atoms with E-state index >= 15 is 0 Å². The summed E-state index contributed by atoms with van der Waals surface area (Å²) in [6, 6.07) is 0. The first kappa shape index (κ1) is 12.1. The number of methoxy groups -OCH3 is 1. The summed E-state index contributed by atoms with van der Waals surface area (Å²) in [5, 5.41) is 0. The van der Waals surface area contributed by atoms with Crippen LogP contribution in [-0.2, 0) is 14.3 Å². The van der Waals surface area contributed by atoms with E-state index in [0.29, 0.717) is 0 Å². The minimum absolute atomic E-state index is 0.0823. The standard InChI is InChI=1S/C10H18O3/c1-4-5-6-9(8(2)11)7-10(12)13-3/h9H,4-7H2,1-3H3. The van der Waals surface area contributed by atoms with Crippen LogP contribution in [0.1, 0.15) is 39.5 Å². The van der Waals surface area contributed by atoms with Crippen LogP contribution in [0.3, 0.4) is 0 Å². The van der Waals surface area contributed by atoms with Gasteiger partial charge in [0, 0.05) is 5.92 Å². The van der Waals surface area contributed by atoms with Crippen molar-refractivity contribution in [2.45, 2.75) is 39.5 Å². The summed E-state index contributed by atoms with van der Waals surface area (Å²) in [5.74, 6) is -0.359. The van der Waals surface area contributed by atoms with Crippen LogP contribution in [0.4, 0.5) is 0 Å². The lowest BCUT2D eigenvalue weighted by atomic mass is 9.95. The number of rotatable bonds is 6. The Morgan fingerprint density at radius 3 is 2.38 bits per heavy atom. The Labute approximate surface area is 79.5 Å². The molecule has 0 spiro atoms. The van der Waals surface area contributed by atoms with Crippen molar-refractivity contribution in [2.75, 3.05) is 7.11 Å². The number of hydrogen-bond donors (Lipinski definition) is 0. The predicted molar refractivity (Wildman–Crippen MR) is 50.3 cm³/mol. The molecule has 0 aromatic rings. The third kappa shape index (κ3) is 5.39. The van der Waals surface area contributed by atoms with Crippen LogP contribution in [0.5, 0.6) is 0 Å². The third-order valence-corrected chi connectivity index (χ3v) is 2.12. The molecule has 0 aliphatic heterocycles. The Morgan fingerprint density at radius 2 is 2.00 bits per heavy atom. The summed E-state index contributed by atoms with van der Waals surface area (Å²) >= 11 is 0. The molecule has 0 N–H and O–H groups in total. The average molecular weight is 186 g/mol. The van der Waals surface area contributed by atoms with Crippen LogP contribution in [0, 0.1) is 5.92 Å². The third-order valence-electron chi connectivity index (χ3n) is 2.12. The second kappa shape index (κ2) is 6.63. The van der Waals surface area contributed by atoms with E-state index in [2.05, 4.69) is 11.7 Å².